The van der Waals surface area contributed by atoms with Crippen molar-refractivity contribution in [3.05, 3.63) is 54.2 Å². The van der Waals surface area contributed by atoms with Gasteiger partial charge in [0.15, 0.2) is 0 Å². The van der Waals surface area contributed by atoms with E-state index in [9.17, 15) is 4.79 Å². The Morgan fingerprint density at radius 2 is 1.83 bits per heavy atom. The summed E-state index contributed by atoms with van der Waals surface area (Å²) < 4.78 is 0. The molecule has 8 nitrogen and oxygen atoms in total. The third-order valence-electron chi connectivity index (χ3n) is 5.23. The van der Waals surface area contributed by atoms with Crippen LogP contribution in [0.4, 0.5) is 5.69 Å². The molecule has 8 heteroatoms. The summed E-state index contributed by atoms with van der Waals surface area (Å²) in [5, 5.41) is 10.1. The topological polar surface area (TPSA) is 103 Å². The molecule has 2 aromatic heterocycles. The third-order valence-corrected chi connectivity index (χ3v) is 5.23. The Kier molecular flexibility index (Phi) is 5.78. The van der Waals surface area contributed by atoms with Crippen LogP contribution in [0.3, 0.4) is 0 Å². The molecule has 4 rings (SSSR count). The first-order chi connectivity index (χ1) is 14.5. The second kappa shape index (κ2) is 8.64. The lowest BCUT2D eigenvalue weighted by Crippen LogP contribution is -2.44. The number of pyridine rings is 1. The summed E-state index contributed by atoms with van der Waals surface area (Å²) >= 11 is 0. The van der Waals surface area contributed by atoms with Crippen LogP contribution in [-0.4, -0.2) is 65.4 Å². The molecule has 1 unspecified atom stereocenters. The molecule has 4 N–H and O–H groups in total. The third kappa shape index (κ3) is 4.50. The molecule has 1 aliphatic heterocycles. The number of hydrogen-bond acceptors (Lipinski definition) is 6. The highest BCUT2D eigenvalue weighted by atomic mass is 16.2. The fourth-order valence-electron chi connectivity index (χ4n) is 3.50. The monoisotopic (exact) mass is 405 g/mol. The van der Waals surface area contributed by atoms with E-state index in [2.05, 4.69) is 61.6 Å². The highest BCUT2D eigenvalue weighted by molar-refractivity contribution is 5.92. The van der Waals surface area contributed by atoms with Crippen molar-refractivity contribution < 1.29 is 4.79 Å². The van der Waals surface area contributed by atoms with E-state index in [0.717, 1.165) is 43.1 Å². The number of H-pyrrole nitrogens is 1. The van der Waals surface area contributed by atoms with Crippen molar-refractivity contribution in [1.82, 2.24) is 25.4 Å². The Balaban J connectivity index is 1.50. The lowest BCUT2D eigenvalue weighted by atomic mass is 10.1. The van der Waals surface area contributed by atoms with Crippen molar-refractivity contribution in [3.8, 4) is 22.6 Å². The molecular weight excluding hydrogens is 378 g/mol. The zero-order valence-electron chi connectivity index (χ0n) is 17.3. The van der Waals surface area contributed by atoms with Gasteiger partial charge in [0, 0.05) is 37.4 Å². The molecule has 1 aromatic carbocycles. The fraction of sp³-hybridized carbons (Fsp3) is 0.318. The first-order valence-electron chi connectivity index (χ1n) is 10.1. The van der Waals surface area contributed by atoms with Gasteiger partial charge in [0.2, 0.25) is 0 Å². The lowest BCUT2D eigenvalue weighted by molar-refractivity contribution is 0.0936. The Morgan fingerprint density at radius 3 is 2.53 bits per heavy atom. The summed E-state index contributed by atoms with van der Waals surface area (Å²) in [5.74, 6) is -0.300. The van der Waals surface area contributed by atoms with Crippen molar-refractivity contribution in [2.75, 3.05) is 38.1 Å². The number of carbonyl (C=O) groups excluding carboxylic acids is 1. The SMILES string of the molecule is CC(N)NC(=O)c1cccc(-c2cc(-c3ccc(N4CCN(C)CC4)cc3)n[nH]2)n1. The summed E-state index contributed by atoms with van der Waals surface area (Å²) in [6.45, 7) is 5.96. The predicted molar refractivity (Wildman–Crippen MR) is 118 cm³/mol. The molecule has 1 fully saturated rings. The van der Waals surface area contributed by atoms with E-state index in [-0.39, 0.29) is 5.91 Å². The van der Waals surface area contributed by atoms with Gasteiger partial charge in [-0.15, -0.1) is 0 Å². The van der Waals surface area contributed by atoms with Gasteiger partial charge in [-0.1, -0.05) is 18.2 Å². The van der Waals surface area contributed by atoms with E-state index in [0.29, 0.717) is 11.4 Å². The molecule has 0 saturated carbocycles. The molecule has 156 valence electrons. The number of likely N-dealkylation sites (N-methyl/N-ethyl adjacent to an activating group) is 1. The number of nitrogens with zero attached hydrogens (tertiary/aromatic N) is 4. The molecule has 30 heavy (non-hydrogen) atoms. The second-order valence-electron chi connectivity index (χ2n) is 7.67. The summed E-state index contributed by atoms with van der Waals surface area (Å²) in [6.07, 6.45) is -0.435. The van der Waals surface area contributed by atoms with Gasteiger partial charge >= 0.3 is 0 Å². The molecule has 1 aliphatic rings. The number of carbonyl (C=O) groups is 1. The first-order valence-corrected chi connectivity index (χ1v) is 10.1. The van der Waals surface area contributed by atoms with E-state index >= 15 is 0 Å². The van der Waals surface area contributed by atoms with E-state index in [1.165, 1.54) is 5.69 Å². The van der Waals surface area contributed by atoms with Crippen LogP contribution in [0.5, 0.6) is 0 Å². The smallest absolute Gasteiger partial charge is 0.271 e. The lowest BCUT2D eigenvalue weighted by Gasteiger charge is -2.34. The number of anilines is 1. The molecule has 0 aliphatic carbocycles. The molecule has 1 saturated heterocycles. The van der Waals surface area contributed by atoms with Gasteiger partial charge in [0.05, 0.1) is 23.2 Å². The second-order valence-corrected chi connectivity index (χ2v) is 7.67. The van der Waals surface area contributed by atoms with Crippen molar-refractivity contribution in [3.63, 3.8) is 0 Å². The Hall–Kier alpha value is -3.23. The zero-order chi connectivity index (χ0) is 21.1. The van der Waals surface area contributed by atoms with Crippen LogP contribution < -0.4 is 16.0 Å². The largest absolute Gasteiger partial charge is 0.369 e. The Bertz CT molecular complexity index is 1000. The number of nitrogens with one attached hydrogen (secondary N) is 2. The summed E-state index contributed by atoms with van der Waals surface area (Å²) in [4.78, 5) is 21.3. The molecule has 3 aromatic rings. The van der Waals surface area contributed by atoms with Crippen LogP contribution in [0.2, 0.25) is 0 Å². The van der Waals surface area contributed by atoms with Gasteiger partial charge in [-0.2, -0.15) is 5.10 Å². The van der Waals surface area contributed by atoms with Gasteiger partial charge in [-0.05, 0) is 44.3 Å². The summed E-state index contributed by atoms with van der Waals surface area (Å²) in [6, 6.07) is 15.7. The fourth-order valence-corrected chi connectivity index (χ4v) is 3.50. The summed E-state index contributed by atoms with van der Waals surface area (Å²) in [7, 11) is 2.16. The van der Waals surface area contributed by atoms with Gasteiger partial charge in [0.1, 0.15) is 5.69 Å². The minimum atomic E-state index is -0.435. The number of benzene rings is 1. The quantitative estimate of drug-likeness (QED) is 0.561. The van der Waals surface area contributed by atoms with E-state index in [1.807, 2.05) is 12.1 Å². The minimum Gasteiger partial charge on any atom is -0.369 e. The molecule has 1 atom stereocenters. The maximum atomic E-state index is 12.2. The standard InChI is InChI=1S/C22H27N7O/c1-15(23)24-22(30)19-5-3-4-18(25-19)21-14-20(26-27-21)16-6-8-17(9-7-16)29-12-10-28(2)11-13-29/h3-9,14-15H,10-13,23H2,1-2H3,(H,24,30)(H,26,27). The van der Waals surface area contributed by atoms with Gasteiger partial charge in [-0.25, -0.2) is 4.98 Å². The molecule has 3 heterocycles. The Morgan fingerprint density at radius 1 is 1.10 bits per heavy atom. The van der Waals surface area contributed by atoms with Gasteiger partial charge < -0.3 is 20.9 Å². The van der Waals surface area contributed by atoms with Crippen molar-refractivity contribution in [2.24, 2.45) is 5.73 Å². The highest BCUT2D eigenvalue weighted by Gasteiger charge is 2.15. The molecule has 1 amide bonds. The maximum absolute atomic E-state index is 12.2. The van der Waals surface area contributed by atoms with E-state index in [4.69, 9.17) is 5.73 Å². The summed E-state index contributed by atoms with van der Waals surface area (Å²) in [5.41, 5.74) is 10.5. The average molecular weight is 406 g/mol. The number of aromatic nitrogens is 3. The molecular formula is C22H27N7O. The van der Waals surface area contributed by atoms with Crippen LogP contribution in [0.25, 0.3) is 22.6 Å². The van der Waals surface area contributed by atoms with Crippen molar-refractivity contribution in [2.45, 2.75) is 13.1 Å². The van der Waals surface area contributed by atoms with Gasteiger partial charge in [0.25, 0.3) is 5.91 Å². The highest BCUT2D eigenvalue weighted by Crippen LogP contribution is 2.25. The number of nitrogens with two attached hydrogens (primary N) is 1. The van der Waals surface area contributed by atoms with E-state index in [1.54, 1.807) is 19.1 Å². The number of hydrogen-bond donors (Lipinski definition) is 3. The molecule has 0 bridgehead atoms. The minimum absolute atomic E-state index is 0.300. The van der Waals surface area contributed by atoms with Crippen molar-refractivity contribution in [1.29, 1.82) is 0 Å². The number of amides is 1. The van der Waals surface area contributed by atoms with E-state index < -0.39 is 6.17 Å². The normalized spacial score (nSPS) is 15.8. The van der Waals surface area contributed by atoms with Crippen molar-refractivity contribution >= 4 is 11.6 Å². The number of piperazine rings is 1. The predicted octanol–water partition coefficient (Wildman–Crippen LogP) is 1.92. The molecule has 0 spiro atoms. The van der Waals surface area contributed by atoms with Crippen LogP contribution >= 0.6 is 0 Å². The first kappa shape index (κ1) is 20.1. The number of rotatable bonds is 5. The average Bonchev–Trinajstić information content (AvgIpc) is 3.24. The number of aromatic amines is 1. The zero-order valence-corrected chi connectivity index (χ0v) is 17.3. The van der Waals surface area contributed by atoms with Gasteiger partial charge in [-0.3, -0.25) is 9.89 Å². The van der Waals surface area contributed by atoms with Crippen LogP contribution in [0.15, 0.2) is 48.5 Å². The molecule has 0 radical (unpaired) electrons. The Labute approximate surface area is 176 Å². The maximum Gasteiger partial charge on any atom is 0.271 e. The van der Waals surface area contributed by atoms with Crippen LogP contribution in [-0.2, 0) is 0 Å². The van der Waals surface area contributed by atoms with Crippen LogP contribution in [0.1, 0.15) is 17.4 Å². The van der Waals surface area contributed by atoms with Crippen LogP contribution in [0, 0.1) is 0 Å².